The summed E-state index contributed by atoms with van der Waals surface area (Å²) < 4.78 is 5.30. The molecule has 1 N–H and O–H groups in total. The molecule has 0 spiro atoms. The summed E-state index contributed by atoms with van der Waals surface area (Å²) in [4.78, 5) is 15.8. The van der Waals surface area contributed by atoms with Crippen LogP contribution in [0.15, 0.2) is 12.1 Å². The maximum Gasteiger partial charge on any atom is 0.251 e. The topological polar surface area (TPSA) is 51.2 Å². The molecule has 6 heteroatoms. The molecule has 98 valence electrons. The van der Waals surface area contributed by atoms with Crippen molar-refractivity contribution >= 4 is 29.1 Å². The van der Waals surface area contributed by atoms with E-state index in [1.807, 2.05) is 6.92 Å². The molecule has 1 fully saturated rings. The second-order valence-corrected chi connectivity index (χ2v) is 5.16. The summed E-state index contributed by atoms with van der Waals surface area (Å²) >= 11 is 11.5. The number of ether oxygens (including phenoxy) is 1. The first-order chi connectivity index (χ1) is 8.56. The Bertz CT molecular complexity index is 427. The molecule has 0 aromatic carbocycles. The minimum atomic E-state index is -0.194. The lowest BCUT2D eigenvalue weighted by molar-refractivity contribution is 0.0922. The van der Waals surface area contributed by atoms with Crippen molar-refractivity contribution in [2.75, 3.05) is 13.2 Å². The summed E-state index contributed by atoms with van der Waals surface area (Å²) in [6, 6.07) is 3.06. The number of hydrogen-bond donors (Lipinski definition) is 1. The number of carbonyl (C=O) groups is 1. The van der Waals surface area contributed by atoms with Gasteiger partial charge in [-0.25, -0.2) is 4.98 Å². The Kier molecular flexibility index (Phi) is 4.43. The molecule has 1 amide bonds. The molecule has 0 radical (unpaired) electrons. The first-order valence-corrected chi connectivity index (χ1v) is 6.53. The van der Waals surface area contributed by atoms with Gasteiger partial charge >= 0.3 is 0 Å². The average molecular weight is 289 g/mol. The predicted octanol–water partition coefficient (Wildman–Crippen LogP) is 2.54. The minimum absolute atomic E-state index is 0.0608. The molecular formula is C12H14Cl2N2O2. The highest BCUT2D eigenvalue weighted by Gasteiger charge is 2.24. The van der Waals surface area contributed by atoms with Crippen LogP contribution in [-0.4, -0.2) is 30.1 Å². The van der Waals surface area contributed by atoms with Gasteiger partial charge in [0.15, 0.2) is 0 Å². The number of halogens is 2. The number of nitrogens with zero attached hydrogens (tertiary/aromatic N) is 1. The monoisotopic (exact) mass is 288 g/mol. The Hall–Kier alpha value is -0.840. The van der Waals surface area contributed by atoms with E-state index in [0.717, 1.165) is 13.0 Å². The fourth-order valence-electron chi connectivity index (χ4n) is 1.95. The van der Waals surface area contributed by atoms with Crippen LogP contribution >= 0.6 is 23.2 Å². The van der Waals surface area contributed by atoms with Gasteiger partial charge in [0.05, 0.1) is 6.61 Å². The number of rotatable bonds is 3. The maximum atomic E-state index is 12.0. The quantitative estimate of drug-likeness (QED) is 0.870. The highest BCUT2D eigenvalue weighted by molar-refractivity contribution is 6.33. The summed E-state index contributed by atoms with van der Waals surface area (Å²) in [6.07, 6.45) is 0.972. The van der Waals surface area contributed by atoms with Crippen molar-refractivity contribution < 1.29 is 9.53 Å². The van der Waals surface area contributed by atoms with Crippen LogP contribution in [0, 0.1) is 5.92 Å². The SMILES string of the molecule is CC(NC(=O)c1cc(Cl)nc(Cl)c1)C1CCOC1. The van der Waals surface area contributed by atoms with Crippen molar-refractivity contribution in [1.82, 2.24) is 10.3 Å². The molecule has 1 aromatic rings. The van der Waals surface area contributed by atoms with Gasteiger partial charge in [-0.1, -0.05) is 23.2 Å². The Morgan fingerprint density at radius 1 is 1.50 bits per heavy atom. The highest BCUT2D eigenvalue weighted by Crippen LogP contribution is 2.18. The maximum absolute atomic E-state index is 12.0. The molecule has 18 heavy (non-hydrogen) atoms. The van der Waals surface area contributed by atoms with E-state index in [0.29, 0.717) is 18.1 Å². The zero-order valence-corrected chi connectivity index (χ0v) is 11.5. The van der Waals surface area contributed by atoms with E-state index < -0.39 is 0 Å². The van der Waals surface area contributed by atoms with Gasteiger partial charge < -0.3 is 10.1 Å². The second kappa shape index (κ2) is 5.87. The standard InChI is InChI=1S/C12H14Cl2N2O2/c1-7(8-2-3-18-6-8)15-12(17)9-4-10(13)16-11(14)5-9/h4-5,7-8H,2-3,6H2,1H3,(H,15,17). The van der Waals surface area contributed by atoms with Crippen LogP contribution < -0.4 is 5.32 Å². The average Bonchev–Trinajstić information content (AvgIpc) is 2.80. The molecule has 2 atom stereocenters. The third-order valence-electron chi connectivity index (χ3n) is 3.06. The van der Waals surface area contributed by atoms with Gasteiger partial charge in [-0.3, -0.25) is 4.79 Å². The van der Waals surface area contributed by atoms with Gasteiger partial charge in [-0.05, 0) is 25.5 Å². The summed E-state index contributed by atoms with van der Waals surface area (Å²) in [5.41, 5.74) is 0.422. The van der Waals surface area contributed by atoms with E-state index in [2.05, 4.69) is 10.3 Å². The molecule has 0 aliphatic carbocycles. The lowest BCUT2D eigenvalue weighted by atomic mass is 10.0. The first-order valence-electron chi connectivity index (χ1n) is 5.78. The van der Waals surface area contributed by atoms with Gasteiger partial charge in [-0.15, -0.1) is 0 Å². The number of hydrogen-bond acceptors (Lipinski definition) is 3. The molecule has 1 aliphatic rings. The Balaban J connectivity index is 2.02. The molecule has 0 saturated carbocycles. The van der Waals surface area contributed by atoms with E-state index >= 15 is 0 Å². The first kappa shape index (κ1) is 13.6. The van der Waals surface area contributed by atoms with E-state index in [1.54, 1.807) is 0 Å². The number of aromatic nitrogens is 1. The van der Waals surface area contributed by atoms with E-state index in [1.165, 1.54) is 12.1 Å². The number of carbonyl (C=O) groups excluding carboxylic acids is 1. The normalized spacial score (nSPS) is 20.7. The van der Waals surface area contributed by atoms with Crippen molar-refractivity contribution in [3.63, 3.8) is 0 Å². The second-order valence-electron chi connectivity index (χ2n) is 4.39. The fraction of sp³-hybridized carbons (Fsp3) is 0.500. The van der Waals surface area contributed by atoms with Gasteiger partial charge in [0, 0.05) is 24.1 Å². The lowest BCUT2D eigenvalue weighted by Crippen LogP contribution is -2.38. The Morgan fingerprint density at radius 3 is 2.72 bits per heavy atom. The van der Waals surface area contributed by atoms with Crippen molar-refractivity contribution in [1.29, 1.82) is 0 Å². The van der Waals surface area contributed by atoms with Gasteiger partial charge in [0.1, 0.15) is 10.3 Å². The zero-order valence-electron chi connectivity index (χ0n) is 9.95. The summed E-state index contributed by atoms with van der Waals surface area (Å²) in [7, 11) is 0. The molecule has 1 aromatic heterocycles. The molecule has 2 unspecified atom stereocenters. The van der Waals surface area contributed by atoms with Crippen molar-refractivity contribution in [2.45, 2.75) is 19.4 Å². The largest absolute Gasteiger partial charge is 0.381 e. The number of nitrogens with one attached hydrogen (secondary N) is 1. The van der Waals surface area contributed by atoms with Gasteiger partial charge in [0.25, 0.3) is 5.91 Å². The summed E-state index contributed by atoms with van der Waals surface area (Å²) in [5, 5.41) is 3.35. The third kappa shape index (κ3) is 3.34. The molecule has 4 nitrogen and oxygen atoms in total. The van der Waals surface area contributed by atoms with Gasteiger partial charge in [0.2, 0.25) is 0 Å². The van der Waals surface area contributed by atoms with Crippen molar-refractivity contribution in [2.24, 2.45) is 5.92 Å². The van der Waals surface area contributed by atoms with Crippen LogP contribution in [0.1, 0.15) is 23.7 Å². The predicted molar refractivity (Wildman–Crippen MR) is 70.1 cm³/mol. The summed E-state index contributed by atoms with van der Waals surface area (Å²) in [5.74, 6) is 0.169. The number of pyridine rings is 1. The molecular weight excluding hydrogens is 275 g/mol. The Labute approximate surface area is 116 Å². The minimum Gasteiger partial charge on any atom is -0.381 e. The van der Waals surface area contributed by atoms with E-state index in [-0.39, 0.29) is 22.3 Å². The van der Waals surface area contributed by atoms with Crippen LogP contribution in [0.4, 0.5) is 0 Å². The molecule has 1 aliphatic heterocycles. The third-order valence-corrected chi connectivity index (χ3v) is 3.44. The van der Waals surface area contributed by atoms with Crippen LogP contribution in [-0.2, 0) is 4.74 Å². The van der Waals surface area contributed by atoms with Crippen LogP contribution in [0.3, 0.4) is 0 Å². The zero-order chi connectivity index (χ0) is 13.1. The van der Waals surface area contributed by atoms with Crippen LogP contribution in [0.2, 0.25) is 10.3 Å². The van der Waals surface area contributed by atoms with Gasteiger partial charge in [-0.2, -0.15) is 0 Å². The van der Waals surface area contributed by atoms with Crippen molar-refractivity contribution in [3.05, 3.63) is 28.0 Å². The van der Waals surface area contributed by atoms with E-state index in [4.69, 9.17) is 27.9 Å². The Morgan fingerprint density at radius 2 is 2.17 bits per heavy atom. The molecule has 1 saturated heterocycles. The fourth-order valence-corrected chi connectivity index (χ4v) is 2.41. The lowest BCUT2D eigenvalue weighted by Gasteiger charge is -2.19. The smallest absolute Gasteiger partial charge is 0.251 e. The van der Waals surface area contributed by atoms with Crippen LogP contribution in [0.5, 0.6) is 0 Å². The van der Waals surface area contributed by atoms with Crippen LogP contribution in [0.25, 0.3) is 0 Å². The molecule has 2 heterocycles. The summed E-state index contributed by atoms with van der Waals surface area (Å²) in [6.45, 7) is 3.43. The highest BCUT2D eigenvalue weighted by atomic mass is 35.5. The van der Waals surface area contributed by atoms with E-state index in [9.17, 15) is 4.79 Å². The molecule has 2 rings (SSSR count). The van der Waals surface area contributed by atoms with Crippen molar-refractivity contribution in [3.8, 4) is 0 Å². The molecule has 0 bridgehead atoms. The number of amides is 1.